The third-order valence-electron chi connectivity index (χ3n) is 3.87. The average molecular weight is 392 g/mol. The quantitative estimate of drug-likeness (QED) is 0.284. The molecule has 1 aromatic heterocycles. The second-order valence-electron chi connectivity index (χ2n) is 6.38. The van der Waals surface area contributed by atoms with Gasteiger partial charge in [0.1, 0.15) is 35.5 Å². The Hall–Kier alpha value is -0.790. The van der Waals surface area contributed by atoms with Crippen molar-refractivity contribution in [3.8, 4) is 0 Å². The largest absolute Gasteiger partial charge is 0.394 e. The molecule has 6 atom stereocenters. The Balaban J connectivity index is 1.62. The van der Waals surface area contributed by atoms with E-state index in [-0.39, 0.29) is 6.04 Å². The van der Waals surface area contributed by atoms with E-state index in [0.717, 1.165) is 5.69 Å². The molecule has 26 heavy (non-hydrogen) atoms. The van der Waals surface area contributed by atoms with Crippen LogP contribution in [0, 0.1) is 0 Å². The average Bonchev–Trinajstić information content (AvgIpc) is 3.04. The van der Waals surface area contributed by atoms with Crippen molar-refractivity contribution in [2.75, 3.05) is 19.0 Å². The summed E-state index contributed by atoms with van der Waals surface area (Å²) in [5.74, 6) is 0.625. The van der Waals surface area contributed by atoms with Gasteiger partial charge in [-0.25, -0.2) is 0 Å². The monoisotopic (exact) mass is 392 g/mol. The summed E-state index contributed by atoms with van der Waals surface area (Å²) in [7, 11) is 0. The van der Waals surface area contributed by atoms with Crippen LogP contribution < -0.4 is 5.73 Å². The van der Waals surface area contributed by atoms with Gasteiger partial charge in [0.2, 0.25) is 0 Å². The molecule has 2 rings (SSSR count). The maximum Gasteiger partial charge on any atom is 0.132 e. The van der Waals surface area contributed by atoms with Crippen LogP contribution >= 0.6 is 11.8 Å². The van der Waals surface area contributed by atoms with Gasteiger partial charge in [-0.1, -0.05) is 5.21 Å². The molecule has 6 N–H and O–H groups in total. The molecule has 11 heteroatoms. The number of rotatable bonds is 10. The SMILES string of the molecule is C[C@H](N)Cn1cc(COCCCSC2OC(CO)C(O)C(O)C2O)nn1. The van der Waals surface area contributed by atoms with Gasteiger partial charge < -0.3 is 35.6 Å². The van der Waals surface area contributed by atoms with Crippen LogP contribution in [0.2, 0.25) is 0 Å². The summed E-state index contributed by atoms with van der Waals surface area (Å²) in [4.78, 5) is 0. The van der Waals surface area contributed by atoms with Crippen LogP contribution in [0.5, 0.6) is 0 Å². The molecular formula is C15H28N4O6S. The lowest BCUT2D eigenvalue weighted by Crippen LogP contribution is -2.57. The van der Waals surface area contributed by atoms with Gasteiger partial charge in [-0.2, -0.15) is 0 Å². The number of aliphatic hydroxyl groups is 4. The summed E-state index contributed by atoms with van der Waals surface area (Å²) in [6, 6.07) is 0.00455. The van der Waals surface area contributed by atoms with E-state index >= 15 is 0 Å². The zero-order valence-corrected chi connectivity index (χ0v) is 15.5. The molecule has 0 aliphatic carbocycles. The summed E-state index contributed by atoms with van der Waals surface area (Å²) >= 11 is 1.31. The zero-order chi connectivity index (χ0) is 19.1. The highest BCUT2D eigenvalue weighted by molar-refractivity contribution is 7.99. The van der Waals surface area contributed by atoms with Gasteiger partial charge in [-0.3, -0.25) is 4.68 Å². The zero-order valence-electron chi connectivity index (χ0n) is 14.7. The standard InChI is InChI=1S/C15H28N4O6S/c1-9(16)5-19-6-10(17-18-19)8-24-3-2-4-26-15-14(23)13(22)12(21)11(7-20)25-15/h6,9,11-15,20-23H,2-5,7-8,16H2,1H3/t9-,11?,12?,13?,14?,15?/m0/s1. The minimum absolute atomic E-state index is 0.00455. The molecular weight excluding hydrogens is 364 g/mol. The molecule has 1 aliphatic rings. The number of nitrogens with two attached hydrogens (primary N) is 1. The lowest BCUT2D eigenvalue weighted by molar-refractivity contribution is -0.205. The molecule has 1 fully saturated rings. The van der Waals surface area contributed by atoms with Crippen molar-refractivity contribution in [1.29, 1.82) is 0 Å². The molecule has 1 saturated heterocycles. The van der Waals surface area contributed by atoms with Crippen molar-refractivity contribution in [2.45, 2.75) is 62.4 Å². The number of aliphatic hydroxyl groups excluding tert-OH is 4. The van der Waals surface area contributed by atoms with Gasteiger partial charge in [-0.15, -0.1) is 16.9 Å². The van der Waals surface area contributed by atoms with Crippen LogP contribution in [0.15, 0.2) is 6.20 Å². The first-order valence-corrected chi connectivity index (χ1v) is 9.61. The minimum Gasteiger partial charge on any atom is -0.394 e. The summed E-state index contributed by atoms with van der Waals surface area (Å²) in [5.41, 5.74) is 5.72. The predicted molar refractivity (Wildman–Crippen MR) is 94.2 cm³/mol. The fraction of sp³-hybridized carbons (Fsp3) is 0.867. The van der Waals surface area contributed by atoms with Gasteiger partial charge in [0.25, 0.3) is 0 Å². The molecule has 0 aromatic carbocycles. The Labute approximate surface area is 156 Å². The topological polar surface area (TPSA) is 156 Å². The normalized spacial score (nSPS) is 30.5. The van der Waals surface area contributed by atoms with Crippen molar-refractivity contribution in [1.82, 2.24) is 15.0 Å². The smallest absolute Gasteiger partial charge is 0.132 e. The van der Waals surface area contributed by atoms with Crippen molar-refractivity contribution in [3.63, 3.8) is 0 Å². The second kappa shape index (κ2) is 10.5. The summed E-state index contributed by atoms with van der Waals surface area (Å²) in [5, 5.41) is 46.5. The summed E-state index contributed by atoms with van der Waals surface area (Å²) < 4.78 is 12.6. The molecule has 2 heterocycles. The Morgan fingerprint density at radius 3 is 2.81 bits per heavy atom. The maximum absolute atomic E-state index is 9.94. The summed E-state index contributed by atoms with van der Waals surface area (Å²) in [6.45, 7) is 2.91. The second-order valence-corrected chi connectivity index (χ2v) is 7.59. The van der Waals surface area contributed by atoms with E-state index in [9.17, 15) is 15.3 Å². The lowest BCUT2D eigenvalue weighted by Gasteiger charge is -2.39. The number of nitrogens with zero attached hydrogens (tertiary/aromatic N) is 3. The first-order valence-electron chi connectivity index (χ1n) is 8.56. The van der Waals surface area contributed by atoms with Crippen LogP contribution in [-0.4, -0.2) is 90.3 Å². The van der Waals surface area contributed by atoms with Gasteiger partial charge in [0.05, 0.1) is 26.0 Å². The van der Waals surface area contributed by atoms with Crippen LogP contribution in [0.25, 0.3) is 0 Å². The van der Waals surface area contributed by atoms with E-state index < -0.39 is 36.5 Å². The van der Waals surface area contributed by atoms with Gasteiger partial charge in [0.15, 0.2) is 0 Å². The number of thioether (sulfide) groups is 1. The fourth-order valence-corrected chi connectivity index (χ4v) is 3.63. The van der Waals surface area contributed by atoms with Crippen LogP contribution in [0.4, 0.5) is 0 Å². The molecule has 0 spiro atoms. The molecule has 0 saturated carbocycles. The highest BCUT2D eigenvalue weighted by atomic mass is 32.2. The first kappa shape index (κ1) is 21.5. The van der Waals surface area contributed by atoms with Gasteiger partial charge in [-0.05, 0) is 19.1 Å². The van der Waals surface area contributed by atoms with E-state index in [0.29, 0.717) is 31.9 Å². The highest BCUT2D eigenvalue weighted by Crippen LogP contribution is 2.28. The number of aromatic nitrogens is 3. The predicted octanol–water partition coefficient (Wildman–Crippen LogP) is -1.93. The highest BCUT2D eigenvalue weighted by Gasteiger charge is 2.43. The fourth-order valence-electron chi connectivity index (χ4n) is 2.53. The molecule has 0 bridgehead atoms. The van der Waals surface area contributed by atoms with Crippen molar-refractivity contribution in [2.24, 2.45) is 5.73 Å². The van der Waals surface area contributed by atoms with Crippen LogP contribution in [0.3, 0.4) is 0 Å². The van der Waals surface area contributed by atoms with Crippen molar-refractivity contribution >= 4 is 11.8 Å². The molecule has 150 valence electrons. The van der Waals surface area contributed by atoms with Crippen molar-refractivity contribution in [3.05, 3.63) is 11.9 Å². The van der Waals surface area contributed by atoms with Gasteiger partial charge >= 0.3 is 0 Å². The Bertz CT molecular complexity index is 532. The third-order valence-corrected chi connectivity index (χ3v) is 5.12. The van der Waals surface area contributed by atoms with E-state index in [1.807, 2.05) is 6.92 Å². The van der Waals surface area contributed by atoms with E-state index in [1.54, 1.807) is 10.9 Å². The summed E-state index contributed by atoms with van der Waals surface area (Å²) in [6.07, 6.45) is -2.25. The van der Waals surface area contributed by atoms with Gasteiger partial charge in [0, 0.05) is 12.6 Å². The first-order chi connectivity index (χ1) is 12.4. The molecule has 5 unspecified atom stereocenters. The number of ether oxygens (including phenoxy) is 2. The molecule has 1 aliphatic heterocycles. The lowest BCUT2D eigenvalue weighted by atomic mass is 10.0. The van der Waals surface area contributed by atoms with E-state index in [4.69, 9.17) is 20.3 Å². The van der Waals surface area contributed by atoms with E-state index in [1.165, 1.54) is 11.8 Å². The number of hydrogen-bond donors (Lipinski definition) is 5. The molecule has 0 amide bonds. The third kappa shape index (κ3) is 6.13. The van der Waals surface area contributed by atoms with Crippen LogP contribution in [-0.2, 0) is 22.6 Å². The minimum atomic E-state index is -1.34. The van der Waals surface area contributed by atoms with Crippen molar-refractivity contribution < 1.29 is 29.9 Å². The molecule has 0 radical (unpaired) electrons. The Morgan fingerprint density at radius 2 is 2.12 bits per heavy atom. The molecule has 1 aromatic rings. The number of hydrogen-bond acceptors (Lipinski definition) is 10. The van der Waals surface area contributed by atoms with Crippen LogP contribution in [0.1, 0.15) is 19.0 Å². The van der Waals surface area contributed by atoms with E-state index in [2.05, 4.69) is 10.3 Å². The molecule has 10 nitrogen and oxygen atoms in total. The Kier molecular flexibility index (Phi) is 8.70. The Morgan fingerprint density at radius 1 is 1.35 bits per heavy atom. The maximum atomic E-state index is 9.94.